The van der Waals surface area contributed by atoms with Crippen molar-refractivity contribution in [1.82, 2.24) is 9.55 Å². The number of imidazole rings is 1. The van der Waals surface area contributed by atoms with E-state index in [-0.39, 0.29) is 6.54 Å². The fourth-order valence-electron chi connectivity index (χ4n) is 2.11. The van der Waals surface area contributed by atoms with E-state index in [0.29, 0.717) is 15.4 Å². The lowest BCUT2D eigenvalue weighted by molar-refractivity contribution is 0.567. The number of hydrogen-bond donors (Lipinski definition) is 1. The highest BCUT2D eigenvalue weighted by Gasteiger charge is 2.09. The summed E-state index contributed by atoms with van der Waals surface area (Å²) in [4.78, 5) is 3.02. The quantitative estimate of drug-likeness (QED) is 0.682. The highest BCUT2D eigenvalue weighted by atomic mass is 35.5. The summed E-state index contributed by atoms with van der Waals surface area (Å²) in [6, 6.07) is 8.82. The van der Waals surface area contributed by atoms with Crippen LogP contribution in [-0.2, 0) is 6.54 Å². The Hall–Kier alpha value is -1.72. The van der Waals surface area contributed by atoms with Gasteiger partial charge in [0.05, 0.1) is 17.6 Å². The van der Waals surface area contributed by atoms with E-state index in [9.17, 15) is 8.78 Å². The van der Waals surface area contributed by atoms with Gasteiger partial charge in [-0.25, -0.2) is 8.78 Å². The Morgan fingerprint density at radius 3 is 2.70 bits per heavy atom. The number of nitrogens with zero attached hydrogens (tertiary/aromatic N) is 1. The van der Waals surface area contributed by atoms with Crippen molar-refractivity contribution in [2.75, 3.05) is 0 Å². The lowest BCUT2D eigenvalue weighted by Gasteiger charge is -2.06. The molecule has 3 aromatic rings. The second kappa shape index (κ2) is 5.00. The minimum atomic E-state index is -0.597. The third-order valence-electron chi connectivity index (χ3n) is 3.08. The Kier molecular flexibility index (Phi) is 3.31. The van der Waals surface area contributed by atoms with Crippen LogP contribution >= 0.6 is 23.8 Å². The van der Waals surface area contributed by atoms with Crippen molar-refractivity contribution in [3.05, 3.63) is 63.4 Å². The largest absolute Gasteiger partial charge is 0.331 e. The molecule has 20 heavy (non-hydrogen) atoms. The van der Waals surface area contributed by atoms with Crippen LogP contribution in [0.25, 0.3) is 11.0 Å². The fraction of sp³-hybridized carbons (Fsp3) is 0.0714. The number of aromatic nitrogens is 2. The third kappa shape index (κ3) is 2.34. The zero-order valence-electron chi connectivity index (χ0n) is 10.2. The number of halogens is 3. The van der Waals surface area contributed by atoms with E-state index in [1.807, 2.05) is 6.07 Å². The van der Waals surface area contributed by atoms with Crippen LogP contribution in [0.15, 0.2) is 36.4 Å². The van der Waals surface area contributed by atoms with E-state index >= 15 is 0 Å². The molecule has 0 atom stereocenters. The highest BCUT2D eigenvalue weighted by Crippen LogP contribution is 2.21. The van der Waals surface area contributed by atoms with Crippen LogP contribution < -0.4 is 0 Å². The molecule has 0 aliphatic rings. The zero-order valence-corrected chi connectivity index (χ0v) is 11.7. The van der Waals surface area contributed by atoms with Gasteiger partial charge in [-0.1, -0.05) is 17.7 Å². The standard InChI is InChI=1S/C14H9ClF2N2S/c15-9-2-4-13-12(5-9)18-14(20)19(13)7-8-1-3-10(16)6-11(8)17/h1-6H,7H2,(H,18,20). The summed E-state index contributed by atoms with van der Waals surface area (Å²) >= 11 is 11.2. The van der Waals surface area contributed by atoms with E-state index in [1.165, 1.54) is 12.1 Å². The number of fused-ring (bicyclic) bond motifs is 1. The lowest BCUT2D eigenvalue weighted by Crippen LogP contribution is -2.02. The van der Waals surface area contributed by atoms with Gasteiger partial charge in [0, 0.05) is 16.7 Å². The maximum Gasteiger partial charge on any atom is 0.178 e. The van der Waals surface area contributed by atoms with Gasteiger partial charge in [-0.05, 0) is 36.5 Å². The summed E-state index contributed by atoms with van der Waals surface area (Å²) in [5.41, 5.74) is 1.98. The summed E-state index contributed by atoms with van der Waals surface area (Å²) in [6.45, 7) is 0.229. The molecule has 2 nitrogen and oxygen atoms in total. The first-order chi connectivity index (χ1) is 9.54. The molecular weight excluding hydrogens is 302 g/mol. The Labute approximate surface area is 123 Å². The molecule has 2 aromatic carbocycles. The smallest absolute Gasteiger partial charge is 0.178 e. The fourth-order valence-corrected chi connectivity index (χ4v) is 2.56. The van der Waals surface area contributed by atoms with Crippen LogP contribution in [0.1, 0.15) is 5.56 Å². The molecule has 0 amide bonds. The van der Waals surface area contributed by atoms with E-state index in [4.69, 9.17) is 23.8 Å². The Balaban J connectivity index is 2.11. The summed E-state index contributed by atoms with van der Waals surface area (Å²) in [7, 11) is 0. The molecule has 0 unspecified atom stereocenters. The third-order valence-corrected chi connectivity index (χ3v) is 3.64. The second-order valence-corrected chi connectivity index (χ2v) is 5.24. The Bertz CT molecular complexity index is 854. The Morgan fingerprint density at radius 1 is 1.15 bits per heavy atom. The van der Waals surface area contributed by atoms with Gasteiger partial charge >= 0.3 is 0 Å². The molecule has 0 fully saturated rings. The van der Waals surface area contributed by atoms with Gasteiger partial charge in [0.1, 0.15) is 11.6 Å². The van der Waals surface area contributed by atoms with Crippen LogP contribution in [0, 0.1) is 16.4 Å². The van der Waals surface area contributed by atoms with Crippen molar-refractivity contribution in [3.63, 3.8) is 0 Å². The van der Waals surface area contributed by atoms with Crippen molar-refractivity contribution in [2.45, 2.75) is 6.54 Å². The van der Waals surface area contributed by atoms with Gasteiger partial charge < -0.3 is 9.55 Å². The number of aromatic amines is 1. The van der Waals surface area contributed by atoms with Crippen molar-refractivity contribution >= 4 is 34.9 Å². The number of hydrogen-bond acceptors (Lipinski definition) is 1. The predicted octanol–water partition coefficient (Wildman–Crippen LogP) is 4.68. The van der Waals surface area contributed by atoms with Crippen molar-refractivity contribution < 1.29 is 8.78 Å². The number of H-pyrrole nitrogens is 1. The van der Waals surface area contributed by atoms with Gasteiger partial charge in [-0.3, -0.25) is 0 Å². The molecule has 0 aliphatic heterocycles. The average molecular weight is 311 g/mol. The number of benzene rings is 2. The molecule has 0 saturated carbocycles. The second-order valence-electron chi connectivity index (χ2n) is 4.41. The van der Waals surface area contributed by atoms with Crippen LogP contribution in [0.2, 0.25) is 5.02 Å². The zero-order chi connectivity index (χ0) is 14.3. The number of nitrogens with one attached hydrogen (secondary N) is 1. The molecule has 1 heterocycles. The Morgan fingerprint density at radius 2 is 1.95 bits per heavy atom. The summed E-state index contributed by atoms with van der Waals surface area (Å²) in [5.74, 6) is -1.18. The van der Waals surface area contributed by atoms with Crippen LogP contribution in [0.4, 0.5) is 8.78 Å². The van der Waals surface area contributed by atoms with Crippen molar-refractivity contribution in [3.8, 4) is 0 Å². The van der Waals surface area contributed by atoms with E-state index < -0.39 is 11.6 Å². The first kappa shape index (κ1) is 13.3. The maximum atomic E-state index is 13.7. The molecule has 1 aromatic heterocycles. The molecule has 0 aliphatic carbocycles. The molecule has 0 spiro atoms. The van der Waals surface area contributed by atoms with Crippen LogP contribution in [0.3, 0.4) is 0 Å². The average Bonchev–Trinajstić information content (AvgIpc) is 2.68. The maximum absolute atomic E-state index is 13.7. The van der Waals surface area contributed by atoms with Gasteiger partial charge in [0.25, 0.3) is 0 Å². The van der Waals surface area contributed by atoms with Gasteiger partial charge in [0.15, 0.2) is 4.77 Å². The minimum Gasteiger partial charge on any atom is -0.331 e. The van der Waals surface area contributed by atoms with Crippen LogP contribution in [0.5, 0.6) is 0 Å². The SMILES string of the molecule is Fc1ccc(Cn2c(=S)[nH]c3cc(Cl)ccc32)c(F)c1. The van der Waals surface area contributed by atoms with Gasteiger partial charge in [-0.2, -0.15) is 0 Å². The highest BCUT2D eigenvalue weighted by molar-refractivity contribution is 7.71. The molecule has 0 saturated heterocycles. The monoisotopic (exact) mass is 310 g/mol. The molecule has 0 bridgehead atoms. The molecule has 6 heteroatoms. The van der Waals surface area contributed by atoms with E-state index in [0.717, 1.165) is 17.1 Å². The van der Waals surface area contributed by atoms with E-state index in [2.05, 4.69) is 4.98 Å². The van der Waals surface area contributed by atoms with Gasteiger partial charge in [-0.15, -0.1) is 0 Å². The number of rotatable bonds is 2. The summed E-state index contributed by atoms with van der Waals surface area (Å²) in [5, 5.41) is 0.592. The van der Waals surface area contributed by atoms with Crippen LogP contribution in [-0.4, -0.2) is 9.55 Å². The van der Waals surface area contributed by atoms with Crippen molar-refractivity contribution in [2.24, 2.45) is 0 Å². The topological polar surface area (TPSA) is 20.7 Å². The van der Waals surface area contributed by atoms with Gasteiger partial charge in [0.2, 0.25) is 0 Å². The van der Waals surface area contributed by atoms with Crippen molar-refractivity contribution in [1.29, 1.82) is 0 Å². The molecule has 3 rings (SSSR count). The summed E-state index contributed by atoms with van der Waals surface area (Å²) < 4.78 is 28.8. The first-order valence-corrected chi connectivity index (χ1v) is 6.65. The predicted molar refractivity (Wildman–Crippen MR) is 77.6 cm³/mol. The molecule has 0 radical (unpaired) electrons. The molecule has 1 N–H and O–H groups in total. The summed E-state index contributed by atoms with van der Waals surface area (Å²) in [6.07, 6.45) is 0. The first-order valence-electron chi connectivity index (χ1n) is 5.86. The van der Waals surface area contributed by atoms with E-state index in [1.54, 1.807) is 16.7 Å². The lowest BCUT2D eigenvalue weighted by atomic mass is 10.2. The normalized spacial score (nSPS) is 11.2. The molecule has 102 valence electrons. The minimum absolute atomic E-state index is 0.229. The molecular formula is C14H9ClF2N2S.